The van der Waals surface area contributed by atoms with E-state index in [9.17, 15) is 4.79 Å². The molecular formula is C10H13N5O. The molecule has 2 aromatic rings. The average Bonchev–Trinajstić information content (AvgIpc) is 2.73. The van der Waals surface area contributed by atoms with Crippen LogP contribution in [0, 0.1) is 0 Å². The van der Waals surface area contributed by atoms with Gasteiger partial charge < -0.3 is 10.6 Å². The van der Waals surface area contributed by atoms with Gasteiger partial charge in [0.1, 0.15) is 0 Å². The predicted octanol–water partition coefficient (Wildman–Crippen LogP) is 1.04. The Morgan fingerprint density at radius 2 is 2.38 bits per heavy atom. The van der Waals surface area contributed by atoms with Crippen molar-refractivity contribution in [3.8, 4) is 0 Å². The first kappa shape index (κ1) is 10.4. The first-order valence-electron chi connectivity index (χ1n) is 5.07. The molecule has 0 aliphatic carbocycles. The second-order valence-electron chi connectivity index (χ2n) is 3.28. The van der Waals surface area contributed by atoms with Crippen LogP contribution in [0.4, 0.5) is 10.5 Å². The minimum Gasteiger partial charge on any atom is -0.341 e. The molecule has 2 amide bonds. The van der Waals surface area contributed by atoms with Gasteiger partial charge in [-0.05, 0) is 12.1 Å². The monoisotopic (exact) mass is 219 g/mol. The van der Waals surface area contributed by atoms with Crippen molar-refractivity contribution in [2.24, 2.45) is 0 Å². The van der Waals surface area contributed by atoms with E-state index in [4.69, 9.17) is 0 Å². The van der Waals surface area contributed by atoms with E-state index >= 15 is 0 Å². The van der Waals surface area contributed by atoms with Crippen molar-refractivity contribution in [1.82, 2.24) is 19.9 Å². The lowest BCUT2D eigenvalue weighted by Gasteiger charge is -2.04. The zero-order valence-electron chi connectivity index (χ0n) is 9.19. The lowest BCUT2D eigenvalue weighted by molar-refractivity contribution is 0.254. The number of rotatable bonds is 2. The molecule has 0 fully saturated rings. The Labute approximate surface area is 92.7 Å². The number of hydrogen-bond donors (Lipinski definition) is 2. The summed E-state index contributed by atoms with van der Waals surface area (Å²) in [6.45, 7) is 1.99. The molecule has 0 bridgehead atoms. The maximum absolute atomic E-state index is 11.2. The molecule has 0 saturated carbocycles. The summed E-state index contributed by atoms with van der Waals surface area (Å²) < 4.78 is 1.66. The van der Waals surface area contributed by atoms with Crippen LogP contribution in [-0.2, 0) is 6.42 Å². The summed E-state index contributed by atoms with van der Waals surface area (Å²) in [6.07, 6.45) is 2.57. The van der Waals surface area contributed by atoms with Crippen molar-refractivity contribution in [3.05, 3.63) is 24.2 Å². The van der Waals surface area contributed by atoms with Gasteiger partial charge in [-0.25, -0.2) is 14.3 Å². The number of nitrogens with one attached hydrogen (secondary N) is 2. The van der Waals surface area contributed by atoms with Gasteiger partial charge in [0.2, 0.25) is 0 Å². The van der Waals surface area contributed by atoms with Gasteiger partial charge in [0.05, 0.1) is 5.69 Å². The summed E-state index contributed by atoms with van der Waals surface area (Å²) in [4.78, 5) is 15.5. The van der Waals surface area contributed by atoms with Gasteiger partial charge in [-0.3, -0.25) is 0 Å². The van der Waals surface area contributed by atoms with Crippen LogP contribution in [-0.4, -0.2) is 27.7 Å². The molecule has 0 atom stereocenters. The van der Waals surface area contributed by atoms with Crippen LogP contribution in [0.25, 0.3) is 5.65 Å². The van der Waals surface area contributed by atoms with Crippen LogP contribution >= 0.6 is 0 Å². The summed E-state index contributed by atoms with van der Waals surface area (Å²) in [5.74, 6) is 0.756. The van der Waals surface area contributed by atoms with Crippen molar-refractivity contribution in [3.63, 3.8) is 0 Å². The molecule has 2 N–H and O–H groups in total. The number of carbonyl (C=O) groups excluding carboxylic acids is 1. The van der Waals surface area contributed by atoms with E-state index in [1.54, 1.807) is 23.8 Å². The molecule has 2 rings (SSSR count). The van der Waals surface area contributed by atoms with E-state index < -0.39 is 0 Å². The number of aromatic nitrogens is 3. The molecule has 0 aromatic carbocycles. The Hall–Kier alpha value is -2.11. The van der Waals surface area contributed by atoms with Crippen LogP contribution in [0.15, 0.2) is 18.3 Å². The van der Waals surface area contributed by atoms with Gasteiger partial charge in [-0.15, -0.1) is 0 Å². The smallest absolute Gasteiger partial charge is 0.319 e. The standard InChI is InChI=1S/C10H13N5O/c1-3-8-13-9-7(12-10(16)11-2)5-4-6-15(9)14-8/h4-6H,3H2,1-2H3,(H2,11,12,16). The molecule has 6 heteroatoms. The van der Waals surface area contributed by atoms with E-state index in [0.717, 1.165) is 12.2 Å². The third-order valence-electron chi connectivity index (χ3n) is 2.20. The van der Waals surface area contributed by atoms with Crippen LogP contribution in [0.2, 0.25) is 0 Å². The predicted molar refractivity (Wildman–Crippen MR) is 60.4 cm³/mol. The molecule has 0 aliphatic heterocycles. The highest BCUT2D eigenvalue weighted by Crippen LogP contribution is 2.14. The number of anilines is 1. The van der Waals surface area contributed by atoms with Gasteiger partial charge in [-0.2, -0.15) is 5.10 Å². The van der Waals surface area contributed by atoms with Gasteiger partial charge in [-0.1, -0.05) is 6.92 Å². The van der Waals surface area contributed by atoms with Crippen LogP contribution < -0.4 is 10.6 Å². The molecule has 2 heterocycles. The van der Waals surface area contributed by atoms with Crippen molar-refractivity contribution in [1.29, 1.82) is 0 Å². The van der Waals surface area contributed by atoms with E-state index in [1.165, 1.54) is 0 Å². The fourth-order valence-electron chi connectivity index (χ4n) is 1.38. The molecule has 0 saturated heterocycles. The average molecular weight is 219 g/mol. The third-order valence-corrected chi connectivity index (χ3v) is 2.20. The largest absolute Gasteiger partial charge is 0.341 e. The van der Waals surface area contributed by atoms with Gasteiger partial charge >= 0.3 is 6.03 Å². The molecule has 84 valence electrons. The Balaban J connectivity index is 2.44. The highest BCUT2D eigenvalue weighted by Gasteiger charge is 2.08. The summed E-state index contributed by atoms with van der Waals surface area (Å²) in [5.41, 5.74) is 1.30. The fraction of sp³-hybridized carbons (Fsp3) is 0.300. The van der Waals surface area contributed by atoms with Gasteiger partial charge in [0.15, 0.2) is 11.5 Å². The van der Waals surface area contributed by atoms with E-state index in [0.29, 0.717) is 11.3 Å². The molecule has 2 aromatic heterocycles. The van der Waals surface area contributed by atoms with Crippen LogP contribution in [0.1, 0.15) is 12.7 Å². The maximum atomic E-state index is 11.2. The molecule has 0 aliphatic rings. The van der Waals surface area contributed by atoms with E-state index in [2.05, 4.69) is 20.7 Å². The number of carbonyl (C=O) groups is 1. The number of amides is 2. The lowest BCUT2D eigenvalue weighted by Crippen LogP contribution is -2.24. The molecule has 0 spiro atoms. The number of fused-ring (bicyclic) bond motifs is 1. The maximum Gasteiger partial charge on any atom is 0.319 e. The Kier molecular flexibility index (Phi) is 2.72. The Bertz CT molecular complexity index is 519. The first-order chi connectivity index (χ1) is 7.74. The number of urea groups is 1. The van der Waals surface area contributed by atoms with E-state index in [1.807, 2.05) is 13.0 Å². The zero-order valence-corrected chi connectivity index (χ0v) is 9.19. The minimum atomic E-state index is -0.269. The SMILES string of the molecule is CCc1nc2c(NC(=O)NC)cccn2n1. The molecule has 16 heavy (non-hydrogen) atoms. The second kappa shape index (κ2) is 4.18. The van der Waals surface area contributed by atoms with Crippen LogP contribution in [0.5, 0.6) is 0 Å². The van der Waals surface area contributed by atoms with Crippen molar-refractivity contribution < 1.29 is 4.79 Å². The normalized spacial score (nSPS) is 10.4. The Morgan fingerprint density at radius 1 is 1.56 bits per heavy atom. The molecule has 0 unspecified atom stereocenters. The number of aryl methyl sites for hydroxylation is 1. The third kappa shape index (κ3) is 1.81. The molecule has 0 radical (unpaired) electrons. The summed E-state index contributed by atoms with van der Waals surface area (Å²) >= 11 is 0. The number of nitrogens with zero attached hydrogens (tertiary/aromatic N) is 3. The quantitative estimate of drug-likeness (QED) is 0.792. The molecule has 6 nitrogen and oxygen atoms in total. The van der Waals surface area contributed by atoms with Gasteiger partial charge in [0, 0.05) is 19.7 Å². The van der Waals surface area contributed by atoms with Crippen LogP contribution in [0.3, 0.4) is 0 Å². The van der Waals surface area contributed by atoms with E-state index in [-0.39, 0.29) is 6.03 Å². The zero-order chi connectivity index (χ0) is 11.5. The lowest BCUT2D eigenvalue weighted by atomic mass is 10.4. The highest BCUT2D eigenvalue weighted by molar-refractivity contribution is 5.92. The minimum absolute atomic E-state index is 0.269. The van der Waals surface area contributed by atoms with Gasteiger partial charge in [0.25, 0.3) is 0 Å². The summed E-state index contributed by atoms with van der Waals surface area (Å²) in [5, 5.41) is 9.45. The second-order valence-corrected chi connectivity index (χ2v) is 3.28. The van der Waals surface area contributed by atoms with Crippen molar-refractivity contribution in [2.75, 3.05) is 12.4 Å². The Morgan fingerprint density at radius 3 is 3.06 bits per heavy atom. The fourth-order valence-corrected chi connectivity index (χ4v) is 1.38. The van der Waals surface area contributed by atoms with Crippen molar-refractivity contribution >= 4 is 17.4 Å². The topological polar surface area (TPSA) is 71.3 Å². The number of pyridine rings is 1. The first-order valence-corrected chi connectivity index (χ1v) is 5.07. The summed E-state index contributed by atoms with van der Waals surface area (Å²) in [7, 11) is 1.57. The summed E-state index contributed by atoms with van der Waals surface area (Å²) in [6, 6.07) is 3.33. The van der Waals surface area contributed by atoms with Crippen molar-refractivity contribution in [2.45, 2.75) is 13.3 Å². The number of hydrogen-bond acceptors (Lipinski definition) is 3. The molecular weight excluding hydrogens is 206 g/mol. The highest BCUT2D eigenvalue weighted by atomic mass is 16.2.